The molecule has 5 aromatic rings. The van der Waals surface area contributed by atoms with Gasteiger partial charge in [0.15, 0.2) is 11.6 Å². The van der Waals surface area contributed by atoms with Gasteiger partial charge in [0.1, 0.15) is 18.8 Å². The summed E-state index contributed by atoms with van der Waals surface area (Å²) in [5.74, 6) is -1.71. The van der Waals surface area contributed by atoms with Crippen LogP contribution < -0.4 is 10.6 Å². The van der Waals surface area contributed by atoms with Crippen LogP contribution in [-0.2, 0) is 16.1 Å². The Hall–Kier alpha value is -5.09. The number of amides is 2. The number of nitrogens with zero attached hydrogens (tertiary/aromatic N) is 4. The highest BCUT2D eigenvalue weighted by Gasteiger charge is 2.34. The molecule has 2 aromatic heterocycles. The molecule has 0 spiro atoms. The number of nitrogens with one attached hydrogen (secondary N) is 2. The van der Waals surface area contributed by atoms with E-state index < -0.39 is 11.7 Å². The number of hydrogen-bond donors (Lipinski definition) is 2. The van der Waals surface area contributed by atoms with Gasteiger partial charge in [-0.25, -0.2) is 4.39 Å². The number of carbonyl (C=O) groups excluding carboxylic acids is 3. The average molecular weight is 611 g/mol. The number of fused-ring (bicyclic) bond motifs is 1. The summed E-state index contributed by atoms with van der Waals surface area (Å²) in [6.45, 7) is 1.01. The lowest BCUT2D eigenvalue weighted by Crippen LogP contribution is -2.41. The van der Waals surface area contributed by atoms with Crippen LogP contribution in [0.1, 0.15) is 30.3 Å². The fourth-order valence-electron chi connectivity index (χ4n) is 5.13. The van der Waals surface area contributed by atoms with Gasteiger partial charge in [-0.1, -0.05) is 41.9 Å². The molecule has 0 bridgehead atoms. The fraction of sp³-hybridized carbons (Fsp3) is 0.182. The van der Waals surface area contributed by atoms with Crippen molar-refractivity contribution >= 4 is 57.2 Å². The third-order valence-electron chi connectivity index (χ3n) is 7.38. The molecule has 0 aliphatic heterocycles. The Kier molecular flexibility index (Phi) is 8.08. The van der Waals surface area contributed by atoms with E-state index in [0.29, 0.717) is 21.5 Å². The largest absolute Gasteiger partial charge is 0.354 e. The smallest absolute Gasteiger partial charge is 0.245 e. The third kappa shape index (κ3) is 6.16. The standard InChI is InChI=1S/C33H28ClFN6O3/c1-20(42)33-26-16-21(37-22-6-5-15-36-17-22)11-14-29(26)41(39-33)19-31(44)40(23-12-13-23)18-30(43)38-28-10-4-8-25(32(28)35)24-7-2-3-9-27(24)34/h2-11,14-17,23,37H,12-13,18-19H2,1H3,(H,38,43). The first-order chi connectivity index (χ1) is 21.3. The monoisotopic (exact) mass is 610 g/mol. The van der Waals surface area contributed by atoms with Crippen LogP contribution in [0.4, 0.5) is 21.5 Å². The van der Waals surface area contributed by atoms with Gasteiger partial charge in [0.05, 0.1) is 23.1 Å². The number of rotatable bonds is 10. The minimum Gasteiger partial charge on any atom is -0.354 e. The molecule has 0 saturated heterocycles. The zero-order valence-corrected chi connectivity index (χ0v) is 24.5. The molecule has 1 aliphatic carbocycles. The van der Waals surface area contributed by atoms with Gasteiger partial charge in [-0.05, 0) is 55.3 Å². The summed E-state index contributed by atoms with van der Waals surface area (Å²) in [7, 11) is 0. The van der Waals surface area contributed by atoms with Crippen LogP contribution in [0.5, 0.6) is 0 Å². The van der Waals surface area contributed by atoms with Gasteiger partial charge in [0.2, 0.25) is 11.8 Å². The Morgan fingerprint density at radius 2 is 1.80 bits per heavy atom. The van der Waals surface area contributed by atoms with Crippen LogP contribution >= 0.6 is 11.6 Å². The lowest BCUT2D eigenvalue weighted by Gasteiger charge is -2.22. The molecule has 1 aliphatic rings. The molecule has 1 fully saturated rings. The molecule has 1 saturated carbocycles. The van der Waals surface area contributed by atoms with Crippen LogP contribution in [0.2, 0.25) is 5.02 Å². The Morgan fingerprint density at radius 1 is 1.00 bits per heavy atom. The molecule has 0 atom stereocenters. The van der Waals surface area contributed by atoms with Gasteiger partial charge in [-0.3, -0.25) is 24.0 Å². The van der Waals surface area contributed by atoms with E-state index in [0.717, 1.165) is 24.2 Å². The molecule has 2 amide bonds. The SMILES string of the molecule is CC(=O)c1nn(CC(=O)N(CC(=O)Nc2cccc(-c3ccccc3Cl)c2F)C2CC2)c2ccc(Nc3cccnc3)cc12. The lowest BCUT2D eigenvalue weighted by atomic mass is 10.0. The molecule has 2 heterocycles. The normalized spacial score (nSPS) is 12.6. The van der Waals surface area contributed by atoms with E-state index in [4.69, 9.17) is 11.6 Å². The van der Waals surface area contributed by atoms with Gasteiger partial charge >= 0.3 is 0 Å². The summed E-state index contributed by atoms with van der Waals surface area (Å²) in [6, 6.07) is 20.6. The number of hydrogen-bond acceptors (Lipinski definition) is 6. The third-order valence-corrected chi connectivity index (χ3v) is 7.71. The van der Waals surface area contributed by atoms with E-state index in [9.17, 15) is 14.4 Å². The molecule has 6 rings (SSSR count). The van der Waals surface area contributed by atoms with E-state index in [2.05, 4.69) is 20.7 Å². The van der Waals surface area contributed by atoms with Gasteiger partial charge in [-0.15, -0.1) is 0 Å². The highest BCUT2D eigenvalue weighted by Crippen LogP contribution is 2.33. The fourth-order valence-corrected chi connectivity index (χ4v) is 5.37. The Bertz CT molecular complexity index is 1890. The molecule has 44 heavy (non-hydrogen) atoms. The number of benzene rings is 3. The maximum atomic E-state index is 15.4. The molecular weight excluding hydrogens is 583 g/mol. The van der Waals surface area contributed by atoms with E-state index in [-0.39, 0.29) is 47.8 Å². The number of halogens is 2. The van der Waals surface area contributed by atoms with Crippen molar-refractivity contribution in [1.29, 1.82) is 0 Å². The van der Waals surface area contributed by atoms with Crippen molar-refractivity contribution in [1.82, 2.24) is 19.7 Å². The van der Waals surface area contributed by atoms with E-state index in [1.165, 1.54) is 22.6 Å². The van der Waals surface area contributed by atoms with Crippen LogP contribution in [-0.4, -0.2) is 49.8 Å². The number of anilines is 3. The topological polar surface area (TPSA) is 109 Å². The molecule has 222 valence electrons. The van der Waals surface area contributed by atoms with Crippen LogP contribution in [0.25, 0.3) is 22.0 Å². The van der Waals surface area contributed by atoms with E-state index in [1.807, 2.05) is 24.3 Å². The van der Waals surface area contributed by atoms with Gasteiger partial charge < -0.3 is 15.5 Å². The number of Topliss-reactive ketones (excluding diaryl/α,β-unsaturated/α-hetero) is 1. The molecule has 2 N–H and O–H groups in total. The minimum atomic E-state index is -0.615. The molecule has 0 radical (unpaired) electrons. The van der Waals surface area contributed by atoms with Gasteiger partial charge in [-0.2, -0.15) is 5.10 Å². The molecule has 0 unspecified atom stereocenters. The maximum absolute atomic E-state index is 15.4. The van der Waals surface area contributed by atoms with E-state index >= 15 is 4.39 Å². The molecule has 3 aromatic carbocycles. The second-order valence-electron chi connectivity index (χ2n) is 10.6. The summed E-state index contributed by atoms with van der Waals surface area (Å²) >= 11 is 6.27. The zero-order chi connectivity index (χ0) is 30.8. The van der Waals surface area contributed by atoms with Crippen molar-refractivity contribution in [2.24, 2.45) is 0 Å². The second-order valence-corrected chi connectivity index (χ2v) is 11.0. The molecule has 9 nitrogen and oxygen atoms in total. The van der Waals surface area contributed by atoms with Crippen molar-refractivity contribution in [3.63, 3.8) is 0 Å². The van der Waals surface area contributed by atoms with Gasteiger partial charge in [0.25, 0.3) is 0 Å². The highest BCUT2D eigenvalue weighted by molar-refractivity contribution is 6.33. The maximum Gasteiger partial charge on any atom is 0.245 e. The predicted octanol–water partition coefficient (Wildman–Crippen LogP) is 6.47. The minimum absolute atomic E-state index is 0.00418. The number of aromatic nitrogens is 3. The average Bonchev–Trinajstić information content (AvgIpc) is 3.79. The summed E-state index contributed by atoms with van der Waals surface area (Å²) < 4.78 is 16.9. The van der Waals surface area contributed by atoms with Crippen molar-refractivity contribution in [3.05, 3.63) is 102 Å². The first-order valence-electron chi connectivity index (χ1n) is 14.1. The summed E-state index contributed by atoms with van der Waals surface area (Å²) in [5, 5.41) is 11.3. The predicted molar refractivity (Wildman–Crippen MR) is 167 cm³/mol. The second kappa shape index (κ2) is 12.3. The van der Waals surface area contributed by atoms with Crippen molar-refractivity contribution < 1.29 is 18.8 Å². The number of ketones is 1. The first-order valence-corrected chi connectivity index (χ1v) is 14.5. The summed E-state index contributed by atoms with van der Waals surface area (Å²) in [4.78, 5) is 44.7. The lowest BCUT2D eigenvalue weighted by molar-refractivity contribution is -0.135. The van der Waals surface area contributed by atoms with Gasteiger partial charge in [0, 0.05) is 46.4 Å². The Morgan fingerprint density at radius 3 is 2.52 bits per heavy atom. The van der Waals surface area contributed by atoms with Crippen molar-refractivity contribution in [2.45, 2.75) is 32.4 Å². The summed E-state index contributed by atoms with van der Waals surface area (Å²) in [5.41, 5.74) is 3.14. The van der Waals surface area contributed by atoms with Crippen LogP contribution in [0.3, 0.4) is 0 Å². The first kappa shape index (κ1) is 29.0. The molecule has 11 heteroatoms. The van der Waals surface area contributed by atoms with Crippen molar-refractivity contribution in [3.8, 4) is 11.1 Å². The zero-order valence-electron chi connectivity index (χ0n) is 23.8. The highest BCUT2D eigenvalue weighted by atomic mass is 35.5. The Labute approximate surface area is 257 Å². The quantitative estimate of drug-likeness (QED) is 0.176. The number of pyridine rings is 1. The van der Waals surface area contributed by atoms with E-state index in [1.54, 1.807) is 54.9 Å². The van der Waals surface area contributed by atoms with Crippen LogP contribution in [0, 0.1) is 5.82 Å². The summed E-state index contributed by atoms with van der Waals surface area (Å²) in [6.07, 6.45) is 4.88. The van der Waals surface area contributed by atoms with Crippen molar-refractivity contribution in [2.75, 3.05) is 17.2 Å². The number of carbonyl (C=O) groups is 3. The van der Waals surface area contributed by atoms with Crippen LogP contribution in [0.15, 0.2) is 85.2 Å². The Balaban J connectivity index is 1.19. The molecular formula is C33H28ClFN6O3.